The Morgan fingerprint density at radius 1 is 1.13 bits per heavy atom. The number of nitrogens with two attached hydrogens (primary N) is 1. The first-order chi connectivity index (χ1) is 18.4. The highest BCUT2D eigenvalue weighted by atomic mass is 16.7. The average molecular weight is 539 g/mol. The van der Waals surface area contributed by atoms with Crippen LogP contribution in [0.5, 0.6) is 0 Å². The zero-order valence-electron chi connectivity index (χ0n) is 21.0. The van der Waals surface area contributed by atoms with Crippen molar-refractivity contribution in [3.8, 4) is 0 Å². The first-order valence-electron chi connectivity index (χ1n) is 11.6. The van der Waals surface area contributed by atoms with Crippen LogP contribution in [0.25, 0.3) is 0 Å². The van der Waals surface area contributed by atoms with Crippen LogP contribution in [0.1, 0.15) is 31.4 Å². The third-order valence-corrected chi connectivity index (χ3v) is 5.98. The third kappa shape index (κ3) is 5.96. The summed E-state index contributed by atoms with van der Waals surface area (Å²) >= 11 is 0. The van der Waals surface area contributed by atoms with E-state index in [1.54, 1.807) is 30.3 Å². The summed E-state index contributed by atoms with van der Waals surface area (Å²) in [5.41, 5.74) is 12.1. The van der Waals surface area contributed by atoms with Gasteiger partial charge in [0.15, 0.2) is 11.8 Å². The predicted octanol–water partition coefficient (Wildman–Crippen LogP) is 1.24. The van der Waals surface area contributed by atoms with Gasteiger partial charge in [-0.3, -0.25) is 24.1 Å². The molecule has 1 heterocycles. The number of para-hydroxylation sites is 1. The Hall–Kier alpha value is -4.98. The average Bonchev–Trinajstić information content (AvgIpc) is 3.10. The predicted molar refractivity (Wildman–Crippen MR) is 133 cm³/mol. The summed E-state index contributed by atoms with van der Waals surface area (Å²) in [6.45, 7) is 2.50. The smallest absolute Gasteiger partial charge is 0.363 e. The quantitative estimate of drug-likeness (QED) is 0.184. The Bertz CT molecular complexity index is 1320. The number of aliphatic carboxylic acids is 1. The first kappa shape index (κ1) is 28.6. The van der Waals surface area contributed by atoms with E-state index in [1.807, 2.05) is 0 Å². The standard InChI is InChI=1S/C25H26N6O8/c1-14(32)20(30(17-6-4-3-5-7-17)21(35)18(26)12-19(33)34)22(36)39-31-23(37)25(2,29-24(31)38)16-10-8-15(9-11-16)13-28-27/h3-11,18,20,27H,12-13,26H2,1-2H3,(H,29,38)(H,33,34)/t18-,20-,25-/m0/s1. The number of benzene rings is 2. The van der Waals surface area contributed by atoms with Crippen LogP contribution in [0, 0.1) is 5.53 Å². The summed E-state index contributed by atoms with van der Waals surface area (Å²) in [6, 6.07) is 8.99. The van der Waals surface area contributed by atoms with E-state index in [2.05, 4.69) is 10.4 Å². The maximum absolute atomic E-state index is 13.3. The molecule has 0 saturated carbocycles. The van der Waals surface area contributed by atoms with Crippen LogP contribution in [-0.4, -0.2) is 57.8 Å². The summed E-state index contributed by atoms with van der Waals surface area (Å²) in [5, 5.41) is 15.0. The van der Waals surface area contributed by atoms with Crippen molar-refractivity contribution in [2.24, 2.45) is 10.8 Å². The Morgan fingerprint density at radius 2 is 1.74 bits per heavy atom. The Labute approximate surface area is 222 Å². The molecular weight excluding hydrogens is 512 g/mol. The largest absolute Gasteiger partial charge is 0.481 e. The van der Waals surface area contributed by atoms with E-state index >= 15 is 0 Å². The van der Waals surface area contributed by atoms with Crippen molar-refractivity contribution in [3.63, 3.8) is 0 Å². The maximum atomic E-state index is 13.3. The number of ketones is 1. The molecule has 2 aromatic rings. The number of nitrogens with one attached hydrogen (secondary N) is 2. The van der Waals surface area contributed by atoms with Gasteiger partial charge < -0.3 is 21.0 Å². The SMILES string of the molecule is CC(=O)[C@@H](C(=O)ON1C(=O)N[C@@](C)(c2ccc(CN=N)cc2)C1=O)N(C(=O)[C@@H](N)CC(=O)O)c1ccccc1. The number of urea groups is 1. The number of carbonyl (C=O) groups is 6. The lowest BCUT2D eigenvalue weighted by atomic mass is 9.91. The van der Waals surface area contributed by atoms with Crippen molar-refractivity contribution in [1.82, 2.24) is 10.4 Å². The summed E-state index contributed by atoms with van der Waals surface area (Å²) in [6.07, 6.45) is -0.790. The van der Waals surface area contributed by atoms with Gasteiger partial charge in [-0.05, 0) is 37.1 Å². The van der Waals surface area contributed by atoms with Crippen LogP contribution in [0.4, 0.5) is 10.5 Å². The van der Waals surface area contributed by atoms with Crippen LogP contribution in [0.2, 0.25) is 0 Å². The van der Waals surface area contributed by atoms with E-state index in [0.29, 0.717) is 16.0 Å². The number of carbonyl (C=O) groups excluding carboxylic acids is 5. The van der Waals surface area contributed by atoms with Crippen molar-refractivity contribution < 1.29 is 38.7 Å². The van der Waals surface area contributed by atoms with Crippen molar-refractivity contribution in [3.05, 3.63) is 65.7 Å². The van der Waals surface area contributed by atoms with Gasteiger partial charge in [0.2, 0.25) is 5.91 Å². The van der Waals surface area contributed by atoms with Gasteiger partial charge in [0.25, 0.3) is 5.91 Å². The van der Waals surface area contributed by atoms with Crippen LogP contribution < -0.4 is 16.0 Å². The molecular formula is C25H26N6O8. The van der Waals surface area contributed by atoms with E-state index in [1.165, 1.54) is 31.2 Å². The van der Waals surface area contributed by atoms with Gasteiger partial charge in [0.1, 0.15) is 5.54 Å². The molecule has 3 atom stereocenters. The number of imide groups is 1. The van der Waals surface area contributed by atoms with Gasteiger partial charge >= 0.3 is 18.0 Å². The van der Waals surface area contributed by atoms with Gasteiger partial charge in [-0.1, -0.05) is 47.5 Å². The zero-order valence-corrected chi connectivity index (χ0v) is 21.0. The minimum Gasteiger partial charge on any atom is -0.481 e. The molecule has 5 N–H and O–H groups in total. The van der Waals surface area contributed by atoms with E-state index in [0.717, 1.165) is 6.92 Å². The van der Waals surface area contributed by atoms with Gasteiger partial charge in [0, 0.05) is 5.69 Å². The Morgan fingerprint density at radius 3 is 2.28 bits per heavy atom. The topological polar surface area (TPSA) is 213 Å². The highest BCUT2D eigenvalue weighted by Crippen LogP contribution is 2.30. The van der Waals surface area contributed by atoms with E-state index in [-0.39, 0.29) is 17.3 Å². The number of nitrogens with zero attached hydrogens (tertiary/aromatic N) is 3. The number of Topliss-reactive ketones (excluding diaryl/α,β-unsaturated/α-hetero) is 1. The second kappa shape index (κ2) is 11.6. The zero-order chi connectivity index (χ0) is 28.9. The second-order valence-electron chi connectivity index (χ2n) is 8.84. The molecule has 2 aromatic carbocycles. The molecule has 204 valence electrons. The van der Waals surface area contributed by atoms with Gasteiger partial charge in [-0.25, -0.2) is 15.1 Å². The summed E-state index contributed by atoms with van der Waals surface area (Å²) < 4.78 is 0. The summed E-state index contributed by atoms with van der Waals surface area (Å²) in [4.78, 5) is 81.9. The van der Waals surface area contributed by atoms with Gasteiger partial charge in [-0.2, -0.15) is 5.11 Å². The van der Waals surface area contributed by atoms with E-state index in [9.17, 15) is 28.8 Å². The molecule has 1 saturated heterocycles. The molecule has 0 unspecified atom stereocenters. The molecule has 3 rings (SSSR count). The van der Waals surface area contributed by atoms with Crippen molar-refractivity contribution >= 4 is 41.3 Å². The fourth-order valence-corrected chi connectivity index (χ4v) is 3.97. The summed E-state index contributed by atoms with van der Waals surface area (Å²) in [7, 11) is 0. The highest BCUT2D eigenvalue weighted by Gasteiger charge is 2.52. The molecule has 14 heteroatoms. The molecule has 1 aliphatic heterocycles. The monoisotopic (exact) mass is 538 g/mol. The van der Waals surface area contributed by atoms with Crippen LogP contribution >= 0.6 is 0 Å². The molecule has 1 aliphatic rings. The molecule has 39 heavy (non-hydrogen) atoms. The molecule has 0 bridgehead atoms. The Balaban J connectivity index is 1.92. The molecule has 14 nitrogen and oxygen atoms in total. The maximum Gasteiger partial charge on any atom is 0.363 e. The number of carboxylic acid groups (broad SMARTS) is 1. The lowest BCUT2D eigenvalue weighted by Gasteiger charge is -2.31. The number of rotatable bonds is 11. The minimum absolute atomic E-state index is 0.0297. The van der Waals surface area contributed by atoms with Crippen LogP contribution in [-0.2, 0) is 40.9 Å². The fraction of sp³-hybridized carbons (Fsp3) is 0.280. The van der Waals surface area contributed by atoms with Gasteiger partial charge in [0.05, 0.1) is 19.0 Å². The molecule has 1 fully saturated rings. The van der Waals surface area contributed by atoms with Crippen molar-refractivity contribution in [1.29, 1.82) is 5.53 Å². The summed E-state index contributed by atoms with van der Waals surface area (Å²) in [5.74, 6) is -5.76. The van der Waals surface area contributed by atoms with E-state index < -0.39 is 59.6 Å². The lowest BCUT2D eigenvalue weighted by Crippen LogP contribution is -2.56. The second-order valence-corrected chi connectivity index (χ2v) is 8.84. The number of hydrogen-bond acceptors (Lipinski definition) is 10. The molecule has 4 amide bonds. The number of carboxylic acids is 1. The highest BCUT2D eigenvalue weighted by molar-refractivity contribution is 6.15. The minimum atomic E-state index is -2.00. The molecule has 0 spiro atoms. The Kier molecular flexibility index (Phi) is 8.50. The molecule has 0 aromatic heterocycles. The van der Waals surface area contributed by atoms with Gasteiger partial charge in [-0.15, -0.1) is 0 Å². The number of amides is 4. The van der Waals surface area contributed by atoms with Crippen LogP contribution in [0.3, 0.4) is 0 Å². The van der Waals surface area contributed by atoms with E-state index in [4.69, 9.17) is 21.2 Å². The number of hydroxylamine groups is 2. The number of hydrogen-bond donors (Lipinski definition) is 4. The van der Waals surface area contributed by atoms with Crippen molar-refractivity contribution in [2.75, 3.05) is 4.90 Å². The normalized spacial score (nSPS) is 18.1. The number of anilines is 1. The third-order valence-electron chi connectivity index (χ3n) is 5.98. The van der Waals surface area contributed by atoms with Crippen molar-refractivity contribution in [2.45, 2.75) is 44.4 Å². The molecule has 0 radical (unpaired) electrons. The lowest BCUT2D eigenvalue weighted by molar-refractivity contribution is -0.186. The molecule has 0 aliphatic carbocycles. The first-order valence-corrected chi connectivity index (χ1v) is 11.6. The fourth-order valence-electron chi connectivity index (χ4n) is 3.97. The van der Waals surface area contributed by atoms with Crippen LogP contribution in [0.15, 0.2) is 59.7 Å².